The van der Waals surface area contributed by atoms with Gasteiger partial charge in [-0.1, -0.05) is 12.2 Å². The minimum absolute atomic E-state index is 0.102. The fourth-order valence-corrected chi connectivity index (χ4v) is 3.33. The minimum Gasteiger partial charge on any atom is -0.295 e. The van der Waals surface area contributed by atoms with E-state index in [0.29, 0.717) is 12.3 Å². The molecule has 1 fully saturated rings. The first-order valence-electron chi connectivity index (χ1n) is 4.66. The first-order valence-corrected chi connectivity index (χ1v) is 7.12. The zero-order valence-electron chi connectivity index (χ0n) is 8.44. The van der Waals surface area contributed by atoms with Gasteiger partial charge in [-0.15, -0.1) is 0 Å². The highest BCUT2D eigenvalue weighted by molar-refractivity contribution is 7.91. The molecule has 0 aromatic carbocycles. The monoisotopic (exact) mass is 235 g/mol. The topological polar surface area (TPSA) is 37.4 Å². The summed E-state index contributed by atoms with van der Waals surface area (Å²) in [5.41, 5.74) is 1.04. The maximum absolute atomic E-state index is 11.3. The van der Waals surface area contributed by atoms with E-state index < -0.39 is 9.84 Å². The molecule has 0 aliphatic carbocycles. The van der Waals surface area contributed by atoms with Crippen LogP contribution in [0.25, 0.3) is 0 Å². The molecule has 0 aromatic heterocycles. The van der Waals surface area contributed by atoms with Crippen molar-refractivity contribution in [2.24, 2.45) is 0 Å². The van der Waals surface area contributed by atoms with Gasteiger partial charge in [-0.25, -0.2) is 8.42 Å². The average Bonchev–Trinajstić information content (AvgIpc) is 2.09. The summed E-state index contributed by atoms with van der Waals surface area (Å²) in [6, 6.07) is 0.102. The maximum atomic E-state index is 11.3. The van der Waals surface area contributed by atoms with Crippen LogP contribution in [0.1, 0.15) is 6.92 Å². The summed E-state index contributed by atoms with van der Waals surface area (Å²) < 4.78 is 22.6. The summed E-state index contributed by atoms with van der Waals surface area (Å²) in [4.78, 5) is 2.15. The Hall–Kier alpha value is -0.0000000000000000555. The quantitative estimate of drug-likeness (QED) is 0.575. The van der Waals surface area contributed by atoms with E-state index in [9.17, 15) is 8.42 Å². The molecule has 1 atom stereocenters. The lowest BCUT2D eigenvalue weighted by molar-refractivity contribution is 0.246. The summed E-state index contributed by atoms with van der Waals surface area (Å²) in [5, 5.41) is 0. The Kier molecular flexibility index (Phi) is 4.04. The zero-order chi connectivity index (χ0) is 10.8. The van der Waals surface area contributed by atoms with Crippen molar-refractivity contribution >= 4 is 22.5 Å². The Morgan fingerprint density at radius 2 is 2.29 bits per heavy atom. The van der Waals surface area contributed by atoms with Crippen LogP contribution in [-0.4, -0.2) is 49.7 Å². The second-order valence-electron chi connectivity index (χ2n) is 3.84. The van der Waals surface area contributed by atoms with Gasteiger partial charge in [0.15, 0.2) is 9.84 Å². The van der Waals surface area contributed by atoms with E-state index in [1.54, 1.807) is 0 Å². The smallest absolute Gasteiger partial charge is 0.153 e. The largest absolute Gasteiger partial charge is 0.295 e. The molecule has 1 aliphatic heterocycles. The van der Waals surface area contributed by atoms with Gasteiger partial charge in [0.1, 0.15) is 0 Å². The van der Waals surface area contributed by atoms with E-state index in [4.69, 9.17) is 0 Å². The molecule has 14 heavy (non-hydrogen) atoms. The number of rotatable bonds is 3. The summed E-state index contributed by atoms with van der Waals surface area (Å²) >= 11 is 4.13. The van der Waals surface area contributed by atoms with Gasteiger partial charge >= 0.3 is 0 Å². The molecule has 1 unspecified atom stereocenters. The van der Waals surface area contributed by atoms with Crippen LogP contribution < -0.4 is 0 Å². The van der Waals surface area contributed by atoms with Crippen molar-refractivity contribution < 1.29 is 8.42 Å². The third-order valence-electron chi connectivity index (χ3n) is 2.46. The van der Waals surface area contributed by atoms with Crippen LogP contribution in [-0.2, 0) is 9.84 Å². The molecule has 1 rings (SSSR count). The molecule has 0 amide bonds. The summed E-state index contributed by atoms with van der Waals surface area (Å²) in [5.74, 6) is 1.21. The Morgan fingerprint density at radius 1 is 1.64 bits per heavy atom. The number of hydrogen-bond donors (Lipinski definition) is 1. The van der Waals surface area contributed by atoms with E-state index in [1.807, 2.05) is 6.92 Å². The van der Waals surface area contributed by atoms with Crippen molar-refractivity contribution in [1.29, 1.82) is 0 Å². The van der Waals surface area contributed by atoms with Crippen LogP contribution in [0.15, 0.2) is 12.2 Å². The summed E-state index contributed by atoms with van der Waals surface area (Å²) in [6.45, 7) is 7.20. The minimum atomic E-state index is -2.80. The highest BCUT2D eigenvalue weighted by Crippen LogP contribution is 2.12. The van der Waals surface area contributed by atoms with E-state index >= 15 is 0 Å². The summed E-state index contributed by atoms with van der Waals surface area (Å²) in [6.07, 6.45) is 0. The molecule has 0 aromatic rings. The van der Waals surface area contributed by atoms with Crippen LogP contribution in [0.5, 0.6) is 0 Å². The normalized spacial score (nSPS) is 27.4. The predicted octanol–water partition coefficient (Wildman–Crippen LogP) is 0.591. The Bertz CT molecular complexity index is 311. The maximum Gasteiger partial charge on any atom is 0.153 e. The first kappa shape index (κ1) is 12.1. The molecule has 0 N–H and O–H groups in total. The molecule has 1 heterocycles. The van der Waals surface area contributed by atoms with Gasteiger partial charge in [0.25, 0.3) is 0 Å². The van der Waals surface area contributed by atoms with Gasteiger partial charge < -0.3 is 0 Å². The number of sulfone groups is 1. The molecular weight excluding hydrogens is 218 g/mol. The molecule has 0 radical (unpaired) electrons. The molecule has 82 valence electrons. The van der Waals surface area contributed by atoms with Gasteiger partial charge in [0, 0.05) is 24.9 Å². The Labute approximate surface area is 91.5 Å². The lowest BCUT2D eigenvalue weighted by atomic mass is 10.2. The van der Waals surface area contributed by atoms with Crippen molar-refractivity contribution in [3.8, 4) is 0 Å². The van der Waals surface area contributed by atoms with E-state index in [1.165, 1.54) is 0 Å². The number of thiol groups is 1. The molecule has 0 saturated carbocycles. The molecule has 1 aliphatic rings. The number of hydrogen-bond acceptors (Lipinski definition) is 4. The molecule has 0 bridgehead atoms. The summed E-state index contributed by atoms with van der Waals surface area (Å²) in [7, 11) is -2.80. The fourth-order valence-electron chi connectivity index (χ4n) is 1.61. The van der Waals surface area contributed by atoms with Gasteiger partial charge in [-0.2, -0.15) is 12.6 Å². The van der Waals surface area contributed by atoms with Gasteiger partial charge in [-0.05, 0) is 6.92 Å². The predicted molar refractivity (Wildman–Crippen MR) is 62.7 cm³/mol. The highest BCUT2D eigenvalue weighted by atomic mass is 32.2. The molecular formula is C9H17NO2S2. The fraction of sp³-hybridized carbons (Fsp3) is 0.778. The first-order chi connectivity index (χ1) is 6.44. The van der Waals surface area contributed by atoms with Crippen LogP contribution in [0.3, 0.4) is 0 Å². The van der Waals surface area contributed by atoms with E-state index in [2.05, 4.69) is 24.1 Å². The van der Waals surface area contributed by atoms with Crippen molar-refractivity contribution in [2.75, 3.05) is 30.3 Å². The highest BCUT2D eigenvalue weighted by Gasteiger charge is 2.27. The van der Waals surface area contributed by atoms with Crippen molar-refractivity contribution in [3.63, 3.8) is 0 Å². The third-order valence-corrected chi connectivity index (χ3v) is 4.70. The van der Waals surface area contributed by atoms with Crippen LogP contribution >= 0.6 is 12.6 Å². The van der Waals surface area contributed by atoms with E-state index in [0.717, 1.165) is 12.1 Å². The molecule has 5 heteroatoms. The van der Waals surface area contributed by atoms with Crippen LogP contribution in [0, 0.1) is 0 Å². The standard InChI is InChI=1S/C9H17NO2S2/c1-8(6-13)5-10-3-4-14(11,12)7-9(10)2/h9,13H,1,3-7H2,2H3. The van der Waals surface area contributed by atoms with Crippen LogP contribution in [0.2, 0.25) is 0 Å². The second-order valence-corrected chi connectivity index (χ2v) is 6.39. The average molecular weight is 235 g/mol. The number of nitrogens with zero attached hydrogens (tertiary/aromatic N) is 1. The Balaban J connectivity index is 2.54. The van der Waals surface area contributed by atoms with Crippen LogP contribution in [0.4, 0.5) is 0 Å². The third kappa shape index (κ3) is 3.29. The van der Waals surface area contributed by atoms with E-state index in [-0.39, 0.29) is 17.5 Å². The Morgan fingerprint density at radius 3 is 2.79 bits per heavy atom. The molecule has 0 spiro atoms. The second kappa shape index (κ2) is 4.68. The van der Waals surface area contributed by atoms with Crippen molar-refractivity contribution in [1.82, 2.24) is 4.90 Å². The van der Waals surface area contributed by atoms with Gasteiger partial charge in [0.2, 0.25) is 0 Å². The van der Waals surface area contributed by atoms with Gasteiger partial charge in [0.05, 0.1) is 11.5 Å². The lowest BCUT2D eigenvalue weighted by Crippen LogP contribution is -2.47. The SMILES string of the molecule is C=C(CS)CN1CCS(=O)(=O)CC1C. The lowest BCUT2D eigenvalue weighted by Gasteiger charge is -2.33. The van der Waals surface area contributed by atoms with Gasteiger partial charge in [-0.3, -0.25) is 4.90 Å². The van der Waals surface area contributed by atoms with Crippen molar-refractivity contribution in [3.05, 3.63) is 12.2 Å². The zero-order valence-corrected chi connectivity index (χ0v) is 10.2. The molecule has 3 nitrogen and oxygen atoms in total. The van der Waals surface area contributed by atoms with Crippen molar-refractivity contribution in [2.45, 2.75) is 13.0 Å². The molecule has 1 saturated heterocycles.